The molecule has 1 aromatic carbocycles. The molecule has 3 rings (SSSR count). The number of benzene rings is 1. The molecule has 1 saturated heterocycles. The minimum Gasteiger partial charge on any atom is -0.300 e. The van der Waals surface area contributed by atoms with Gasteiger partial charge in [-0.25, -0.2) is 0 Å². The van der Waals surface area contributed by atoms with Crippen molar-refractivity contribution >= 4 is 5.78 Å². The summed E-state index contributed by atoms with van der Waals surface area (Å²) >= 11 is 0. The van der Waals surface area contributed by atoms with Crippen LogP contribution in [-0.4, -0.2) is 22.8 Å². The quantitative estimate of drug-likeness (QED) is 0.815. The van der Waals surface area contributed by atoms with Crippen LogP contribution in [0.4, 0.5) is 0 Å². The average molecular weight is 271 g/mol. The highest BCUT2D eigenvalue weighted by molar-refractivity contribution is 5.79. The zero-order valence-electron chi connectivity index (χ0n) is 12.7. The number of Topliss-reactive ketones (excluding diaryl/α,β-unsaturated/α-hetero) is 1. The molecule has 1 spiro atoms. The van der Waals surface area contributed by atoms with Gasteiger partial charge in [0.1, 0.15) is 5.78 Å². The number of hydrogen-bond acceptors (Lipinski definition) is 2. The maximum absolute atomic E-state index is 11.5. The molecule has 108 valence electrons. The van der Waals surface area contributed by atoms with Crippen LogP contribution in [0.3, 0.4) is 0 Å². The Morgan fingerprint density at radius 3 is 2.40 bits per heavy atom. The third kappa shape index (κ3) is 2.67. The highest BCUT2D eigenvalue weighted by Crippen LogP contribution is 2.49. The smallest absolute Gasteiger partial charge is 0.132 e. The third-order valence-electron chi connectivity index (χ3n) is 5.27. The van der Waals surface area contributed by atoms with Gasteiger partial charge in [-0.15, -0.1) is 0 Å². The second-order valence-electron chi connectivity index (χ2n) is 7.37. The van der Waals surface area contributed by atoms with Crippen LogP contribution in [0.5, 0.6) is 0 Å². The van der Waals surface area contributed by atoms with Gasteiger partial charge in [0.05, 0.1) is 0 Å². The van der Waals surface area contributed by atoms with Gasteiger partial charge < -0.3 is 0 Å². The first-order valence-electron chi connectivity index (χ1n) is 7.80. The van der Waals surface area contributed by atoms with E-state index in [0.717, 1.165) is 38.8 Å². The van der Waals surface area contributed by atoms with Gasteiger partial charge in [-0.2, -0.15) is 0 Å². The van der Waals surface area contributed by atoms with Crippen molar-refractivity contribution in [3.05, 3.63) is 35.9 Å². The molecule has 1 aliphatic heterocycles. The van der Waals surface area contributed by atoms with Crippen molar-refractivity contribution in [2.45, 2.75) is 58.0 Å². The monoisotopic (exact) mass is 271 g/mol. The number of carbonyl (C=O) groups is 1. The Hall–Kier alpha value is -1.15. The van der Waals surface area contributed by atoms with Gasteiger partial charge in [-0.3, -0.25) is 9.69 Å². The first-order chi connectivity index (χ1) is 9.49. The van der Waals surface area contributed by atoms with E-state index in [0.29, 0.717) is 11.2 Å². The molecule has 0 aromatic heterocycles. The van der Waals surface area contributed by atoms with Crippen LogP contribution in [0.15, 0.2) is 30.3 Å². The van der Waals surface area contributed by atoms with Gasteiger partial charge in [-0.1, -0.05) is 30.3 Å². The summed E-state index contributed by atoms with van der Waals surface area (Å²) in [6, 6.07) is 10.7. The summed E-state index contributed by atoms with van der Waals surface area (Å²) in [6.45, 7) is 6.91. The minimum atomic E-state index is 0.246. The fourth-order valence-electron chi connectivity index (χ4n) is 4.17. The topological polar surface area (TPSA) is 20.3 Å². The van der Waals surface area contributed by atoms with Gasteiger partial charge in [-0.05, 0) is 44.1 Å². The lowest BCUT2D eigenvalue weighted by molar-refractivity contribution is -0.122. The van der Waals surface area contributed by atoms with Crippen molar-refractivity contribution in [1.29, 1.82) is 0 Å². The lowest BCUT2D eigenvalue weighted by Gasteiger charge is -2.32. The second kappa shape index (κ2) is 5.00. The average Bonchev–Trinajstić information content (AvgIpc) is 2.66. The highest BCUT2D eigenvalue weighted by Gasteiger charge is 2.49. The van der Waals surface area contributed by atoms with Gasteiger partial charge in [0, 0.05) is 31.5 Å². The number of rotatable bonds is 2. The largest absolute Gasteiger partial charge is 0.300 e. The van der Waals surface area contributed by atoms with Crippen LogP contribution in [0, 0.1) is 5.41 Å². The van der Waals surface area contributed by atoms with E-state index in [1.807, 2.05) is 0 Å². The predicted octanol–water partition coefficient (Wildman–Crippen LogP) is 3.80. The number of carbonyl (C=O) groups excluding carboxylic acids is 1. The van der Waals surface area contributed by atoms with E-state index in [4.69, 9.17) is 0 Å². The molecule has 0 atom stereocenters. The fourth-order valence-corrected chi connectivity index (χ4v) is 4.17. The zero-order valence-corrected chi connectivity index (χ0v) is 12.7. The molecule has 1 heterocycles. The molecular weight excluding hydrogens is 246 g/mol. The minimum absolute atomic E-state index is 0.246. The Bertz CT molecular complexity index is 481. The summed E-state index contributed by atoms with van der Waals surface area (Å²) in [6.07, 6.45) is 5.03. The molecule has 0 radical (unpaired) electrons. The van der Waals surface area contributed by atoms with Gasteiger partial charge in [0.25, 0.3) is 0 Å². The summed E-state index contributed by atoms with van der Waals surface area (Å²) in [5, 5.41) is 0. The van der Waals surface area contributed by atoms with E-state index in [-0.39, 0.29) is 5.54 Å². The Kier molecular flexibility index (Phi) is 3.45. The summed E-state index contributed by atoms with van der Waals surface area (Å²) in [5.41, 5.74) is 2.03. The van der Waals surface area contributed by atoms with Crippen molar-refractivity contribution < 1.29 is 4.79 Å². The maximum Gasteiger partial charge on any atom is 0.132 e. The Morgan fingerprint density at radius 2 is 1.75 bits per heavy atom. The summed E-state index contributed by atoms with van der Waals surface area (Å²) in [7, 11) is 0. The maximum atomic E-state index is 11.5. The van der Waals surface area contributed by atoms with Crippen LogP contribution in [0.25, 0.3) is 0 Å². The molecule has 1 saturated carbocycles. The molecule has 0 bridgehead atoms. The van der Waals surface area contributed by atoms with E-state index in [1.54, 1.807) is 0 Å². The Labute approximate surface area is 122 Å². The number of likely N-dealkylation sites (tertiary alicyclic amines) is 1. The second-order valence-corrected chi connectivity index (χ2v) is 7.37. The molecule has 2 aliphatic rings. The Balaban J connectivity index is 1.74. The van der Waals surface area contributed by atoms with E-state index in [2.05, 4.69) is 49.1 Å². The number of ketones is 1. The number of hydrogen-bond donors (Lipinski definition) is 0. The van der Waals surface area contributed by atoms with Crippen LogP contribution in [0.2, 0.25) is 0 Å². The lowest BCUT2D eigenvalue weighted by Crippen LogP contribution is -2.37. The van der Waals surface area contributed by atoms with Gasteiger partial charge >= 0.3 is 0 Å². The summed E-state index contributed by atoms with van der Waals surface area (Å²) in [5.74, 6) is 0.468. The first kappa shape index (κ1) is 13.8. The predicted molar refractivity (Wildman–Crippen MR) is 81.5 cm³/mol. The summed E-state index contributed by atoms with van der Waals surface area (Å²) in [4.78, 5) is 14.1. The van der Waals surface area contributed by atoms with Gasteiger partial charge in [0.2, 0.25) is 0 Å². The summed E-state index contributed by atoms with van der Waals surface area (Å²) < 4.78 is 0. The van der Waals surface area contributed by atoms with E-state index in [9.17, 15) is 4.79 Å². The fraction of sp³-hybridized carbons (Fsp3) is 0.611. The molecule has 2 nitrogen and oxygen atoms in total. The van der Waals surface area contributed by atoms with Crippen LogP contribution in [0.1, 0.15) is 51.5 Å². The number of nitrogens with zero attached hydrogens (tertiary/aromatic N) is 1. The van der Waals surface area contributed by atoms with E-state index in [1.165, 1.54) is 12.0 Å². The van der Waals surface area contributed by atoms with Crippen molar-refractivity contribution in [1.82, 2.24) is 4.90 Å². The normalized spacial score (nSPS) is 25.2. The molecule has 0 amide bonds. The van der Waals surface area contributed by atoms with Crippen molar-refractivity contribution in [3.8, 4) is 0 Å². The molecule has 0 unspecified atom stereocenters. The third-order valence-corrected chi connectivity index (χ3v) is 5.27. The van der Waals surface area contributed by atoms with Crippen LogP contribution >= 0.6 is 0 Å². The van der Waals surface area contributed by atoms with Crippen LogP contribution < -0.4 is 0 Å². The molecule has 1 aliphatic carbocycles. The van der Waals surface area contributed by atoms with E-state index >= 15 is 0 Å². The zero-order chi connectivity index (χ0) is 14.2. The highest BCUT2D eigenvalue weighted by atomic mass is 16.1. The molecule has 20 heavy (non-hydrogen) atoms. The molecule has 2 fully saturated rings. The van der Waals surface area contributed by atoms with Crippen molar-refractivity contribution in [3.63, 3.8) is 0 Å². The standard InChI is InChI=1S/C18H25NO/c1-17(2)13-18(10-8-16(20)9-11-18)14-19(17)12-15-6-4-3-5-7-15/h3-7H,8-14H2,1-2H3. The molecular formula is C18H25NO. The van der Waals surface area contributed by atoms with E-state index < -0.39 is 0 Å². The Morgan fingerprint density at radius 1 is 1.10 bits per heavy atom. The SMILES string of the molecule is CC1(C)CC2(CCC(=O)CC2)CN1Cc1ccccc1. The van der Waals surface area contributed by atoms with Gasteiger partial charge in [0.15, 0.2) is 0 Å². The molecule has 2 heteroatoms. The van der Waals surface area contributed by atoms with Crippen LogP contribution in [-0.2, 0) is 11.3 Å². The first-order valence-corrected chi connectivity index (χ1v) is 7.80. The molecule has 0 N–H and O–H groups in total. The van der Waals surface area contributed by atoms with Crippen molar-refractivity contribution in [2.24, 2.45) is 5.41 Å². The molecule has 1 aromatic rings. The van der Waals surface area contributed by atoms with Crippen molar-refractivity contribution in [2.75, 3.05) is 6.54 Å². The lowest BCUT2D eigenvalue weighted by atomic mass is 9.71.